The zero-order valence-electron chi connectivity index (χ0n) is 16.8. The smallest absolute Gasteiger partial charge is 0.182 e. The lowest BCUT2D eigenvalue weighted by Crippen LogP contribution is -2.40. The van der Waals surface area contributed by atoms with Crippen LogP contribution in [0.2, 0.25) is 0 Å². The molecule has 3 heteroatoms. The minimum absolute atomic E-state index is 0.0594. The van der Waals surface area contributed by atoms with Crippen molar-refractivity contribution in [2.75, 3.05) is 0 Å². The van der Waals surface area contributed by atoms with Crippen molar-refractivity contribution in [3.8, 4) is 0 Å². The lowest BCUT2D eigenvalue weighted by molar-refractivity contribution is 0.491. The lowest BCUT2D eigenvalue weighted by atomic mass is 9.62. The summed E-state index contributed by atoms with van der Waals surface area (Å²) in [4.78, 5) is 0.460. The normalized spacial score (nSPS) is 30.1. The molecule has 30 heavy (non-hydrogen) atoms. The average molecular weight is 413 g/mol. The highest BCUT2D eigenvalue weighted by atomic mass is 32.2. The van der Waals surface area contributed by atoms with E-state index in [1.165, 1.54) is 47.1 Å². The summed E-state index contributed by atoms with van der Waals surface area (Å²) in [5.74, 6) is 1.55. The topological polar surface area (TPSA) is 34.1 Å². The van der Waals surface area contributed by atoms with Crippen molar-refractivity contribution in [1.29, 1.82) is 0 Å². The van der Waals surface area contributed by atoms with Crippen molar-refractivity contribution in [3.63, 3.8) is 0 Å². The van der Waals surface area contributed by atoms with Crippen molar-refractivity contribution >= 4 is 9.84 Å². The summed E-state index contributed by atoms with van der Waals surface area (Å²) in [7, 11) is -3.40. The van der Waals surface area contributed by atoms with Gasteiger partial charge in [-0.1, -0.05) is 54.6 Å². The highest BCUT2D eigenvalue weighted by molar-refractivity contribution is 7.92. The predicted molar refractivity (Wildman–Crippen MR) is 118 cm³/mol. The van der Waals surface area contributed by atoms with Crippen LogP contribution in [0.3, 0.4) is 0 Å². The number of hydrogen-bond acceptors (Lipinski definition) is 2. The third kappa shape index (κ3) is 2.12. The van der Waals surface area contributed by atoms with E-state index in [4.69, 9.17) is 0 Å². The van der Waals surface area contributed by atoms with Crippen LogP contribution in [0.4, 0.5) is 0 Å². The molecule has 0 aromatic heterocycles. The van der Waals surface area contributed by atoms with Crippen molar-refractivity contribution < 1.29 is 8.42 Å². The summed E-state index contributed by atoms with van der Waals surface area (Å²) in [5.41, 5.74) is 8.36. The Bertz CT molecular complexity index is 1290. The van der Waals surface area contributed by atoms with Crippen molar-refractivity contribution in [3.05, 3.63) is 100 Å². The number of hydrogen-bond donors (Lipinski definition) is 0. The van der Waals surface area contributed by atoms with E-state index in [1.54, 1.807) is 17.7 Å². The van der Waals surface area contributed by atoms with Gasteiger partial charge in [0, 0.05) is 11.8 Å². The Morgan fingerprint density at radius 2 is 1.27 bits per heavy atom. The third-order valence-electron chi connectivity index (χ3n) is 8.33. The van der Waals surface area contributed by atoms with Gasteiger partial charge in [0.2, 0.25) is 0 Å². The Morgan fingerprint density at radius 3 is 2.00 bits per heavy atom. The van der Waals surface area contributed by atoms with Gasteiger partial charge in [-0.05, 0) is 83.0 Å². The van der Waals surface area contributed by atoms with E-state index >= 15 is 0 Å². The van der Waals surface area contributed by atoms with Crippen LogP contribution in [0.25, 0.3) is 0 Å². The number of sulfone groups is 1. The largest absolute Gasteiger partial charge is 0.223 e. The van der Waals surface area contributed by atoms with Crippen LogP contribution >= 0.6 is 0 Å². The van der Waals surface area contributed by atoms with Gasteiger partial charge < -0.3 is 0 Å². The van der Waals surface area contributed by atoms with E-state index in [1.807, 2.05) is 18.2 Å². The quantitative estimate of drug-likeness (QED) is 0.527. The van der Waals surface area contributed by atoms with Crippen LogP contribution in [0.5, 0.6) is 0 Å². The second kappa shape index (κ2) is 5.85. The fourth-order valence-corrected chi connectivity index (χ4v) is 9.04. The Hall–Kier alpha value is -2.39. The predicted octanol–water partition coefficient (Wildman–Crippen LogP) is 5.87. The van der Waals surface area contributed by atoms with Crippen LogP contribution in [0.1, 0.15) is 82.7 Å². The molecule has 0 saturated heterocycles. The zero-order chi connectivity index (χ0) is 20.0. The van der Waals surface area contributed by atoms with Gasteiger partial charge in [-0.3, -0.25) is 0 Å². The Morgan fingerprint density at radius 1 is 0.633 bits per heavy atom. The lowest BCUT2D eigenvalue weighted by Gasteiger charge is -2.45. The summed E-state index contributed by atoms with van der Waals surface area (Å²) in [6.07, 6.45) is 4.62. The maximum atomic E-state index is 13.8. The number of rotatable bonds is 2. The van der Waals surface area contributed by atoms with Gasteiger partial charge in [0.25, 0.3) is 0 Å². The van der Waals surface area contributed by atoms with Crippen LogP contribution in [0.15, 0.2) is 71.6 Å². The Kier molecular flexibility index (Phi) is 3.38. The van der Waals surface area contributed by atoms with Crippen LogP contribution in [0, 0.1) is 0 Å². The molecule has 0 radical (unpaired) electrons. The third-order valence-corrected chi connectivity index (χ3v) is 10.5. The molecule has 0 aliphatic heterocycles. The van der Waals surface area contributed by atoms with E-state index in [0.29, 0.717) is 17.2 Å². The average Bonchev–Trinajstić information content (AvgIpc) is 3.41. The summed E-state index contributed by atoms with van der Waals surface area (Å²) >= 11 is 0. The minimum atomic E-state index is -3.40. The molecule has 0 N–H and O–H groups in total. The second-order valence-electron chi connectivity index (χ2n) is 9.61. The van der Waals surface area contributed by atoms with Crippen molar-refractivity contribution in [2.24, 2.45) is 0 Å². The molecule has 0 spiro atoms. The van der Waals surface area contributed by atoms with E-state index < -0.39 is 9.84 Å². The van der Waals surface area contributed by atoms with Gasteiger partial charge in [0.1, 0.15) is 0 Å². The molecule has 0 amide bonds. The Labute approximate surface area is 177 Å². The monoisotopic (exact) mass is 412 g/mol. The number of fused-ring (bicyclic) bond motifs is 6. The fraction of sp³-hybridized carbons (Fsp3) is 0.333. The molecule has 5 aliphatic carbocycles. The molecule has 0 unspecified atom stereocenters. The van der Waals surface area contributed by atoms with Gasteiger partial charge in [0.05, 0.1) is 10.1 Å². The standard InChI is InChI=1S/C27H24O2S/c28-30(29,18-6-2-1-3-7-18)26-15-24-19-8-4-5-9-20(19)27(26)25-14-22-17-11-10-16(12-17)21(22)13-23(24)25/h1-9,13-14,16-17,24,26-27H,10-12,15H2/t16-,17-,24-,26+,27-/m0/s1. The molecule has 150 valence electrons. The molecule has 4 bridgehead atoms. The summed E-state index contributed by atoms with van der Waals surface area (Å²) in [6, 6.07) is 22.5. The van der Waals surface area contributed by atoms with E-state index in [-0.39, 0.29) is 17.1 Å². The molecule has 1 saturated carbocycles. The van der Waals surface area contributed by atoms with Gasteiger partial charge >= 0.3 is 0 Å². The minimum Gasteiger partial charge on any atom is -0.223 e. The fourth-order valence-electron chi connectivity index (χ4n) is 7.05. The first-order valence-electron chi connectivity index (χ1n) is 11.2. The molecule has 3 aromatic carbocycles. The van der Waals surface area contributed by atoms with Crippen molar-refractivity contribution in [2.45, 2.75) is 59.5 Å². The molecule has 5 atom stereocenters. The SMILES string of the molecule is O=S(=O)(c1ccccc1)[C@@H]1C[C@H]2c3ccccc3[C@H]1c1cc3c(cc12)[C@H]1CC[C@H]3C1. The van der Waals surface area contributed by atoms with Gasteiger partial charge in [-0.2, -0.15) is 0 Å². The van der Waals surface area contributed by atoms with E-state index in [9.17, 15) is 8.42 Å². The Balaban J connectivity index is 1.45. The molecule has 3 aromatic rings. The van der Waals surface area contributed by atoms with Crippen LogP contribution < -0.4 is 0 Å². The van der Waals surface area contributed by atoms with E-state index in [2.05, 4.69) is 36.4 Å². The maximum absolute atomic E-state index is 13.8. The highest BCUT2D eigenvalue weighted by Gasteiger charge is 2.50. The summed E-state index contributed by atoms with van der Waals surface area (Å²) in [6.45, 7) is 0. The van der Waals surface area contributed by atoms with Crippen LogP contribution in [-0.2, 0) is 9.84 Å². The summed E-state index contributed by atoms with van der Waals surface area (Å²) < 4.78 is 27.5. The van der Waals surface area contributed by atoms with Gasteiger partial charge in [-0.25, -0.2) is 8.42 Å². The molecule has 2 nitrogen and oxygen atoms in total. The number of benzene rings is 3. The van der Waals surface area contributed by atoms with Crippen molar-refractivity contribution in [1.82, 2.24) is 0 Å². The molecule has 1 fully saturated rings. The summed E-state index contributed by atoms with van der Waals surface area (Å²) in [5, 5.41) is -0.385. The molecule has 5 aliphatic rings. The molecule has 8 rings (SSSR count). The zero-order valence-corrected chi connectivity index (χ0v) is 17.6. The van der Waals surface area contributed by atoms with Gasteiger partial charge in [0.15, 0.2) is 9.84 Å². The first-order chi connectivity index (χ1) is 14.6. The second-order valence-corrected chi connectivity index (χ2v) is 11.8. The van der Waals surface area contributed by atoms with E-state index in [0.717, 1.165) is 5.92 Å². The highest BCUT2D eigenvalue weighted by Crippen LogP contribution is 2.60. The molecule has 0 heterocycles. The maximum Gasteiger partial charge on any atom is 0.182 e. The molecular formula is C27H24O2S. The van der Waals surface area contributed by atoms with Gasteiger partial charge in [-0.15, -0.1) is 0 Å². The molecular weight excluding hydrogens is 388 g/mol. The van der Waals surface area contributed by atoms with Crippen LogP contribution in [-0.4, -0.2) is 13.7 Å². The first-order valence-corrected chi connectivity index (χ1v) is 12.7. The first kappa shape index (κ1) is 17.3.